The fourth-order valence-corrected chi connectivity index (χ4v) is 2.70. The molecule has 90 valence electrons. The first kappa shape index (κ1) is 11.6. The van der Waals surface area contributed by atoms with Crippen LogP contribution in [0.25, 0.3) is 0 Å². The Labute approximate surface area is 101 Å². The van der Waals surface area contributed by atoms with Crippen LogP contribution in [0.3, 0.4) is 0 Å². The maximum Gasteiger partial charge on any atom is 0.315 e. The van der Waals surface area contributed by atoms with E-state index >= 15 is 0 Å². The van der Waals surface area contributed by atoms with Gasteiger partial charge >= 0.3 is 6.03 Å². The van der Waals surface area contributed by atoms with Crippen molar-refractivity contribution in [1.82, 2.24) is 10.6 Å². The van der Waals surface area contributed by atoms with Gasteiger partial charge in [-0.3, -0.25) is 0 Å². The molecule has 0 saturated heterocycles. The summed E-state index contributed by atoms with van der Waals surface area (Å²) >= 11 is 5.01. The maximum absolute atomic E-state index is 11.7. The number of carbonyl (C=O) groups is 1. The standard InChI is InChI=1S/C11H19N3OS/c12-10(16)8-5-2-6-9(8)14-11(15)13-7-3-1-4-7/h7-9H,1-6H2,(H2,12,16)(H2,13,14,15). The smallest absolute Gasteiger partial charge is 0.315 e. The minimum Gasteiger partial charge on any atom is -0.393 e. The SMILES string of the molecule is NC(=S)C1CCCC1NC(=O)NC1CCC1. The molecule has 0 aromatic heterocycles. The first-order valence-corrected chi connectivity index (χ1v) is 6.44. The molecule has 0 aromatic carbocycles. The zero-order valence-electron chi connectivity index (χ0n) is 9.37. The number of hydrogen-bond acceptors (Lipinski definition) is 2. The van der Waals surface area contributed by atoms with Gasteiger partial charge in [-0.05, 0) is 32.1 Å². The number of hydrogen-bond donors (Lipinski definition) is 3. The number of rotatable bonds is 3. The third kappa shape index (κ3) is 2.64. The molecular weight excluding hydrogens is 222 g/mol. The molecule has 0 aliphatic heterocycles. The molecule has 4 nitrogen and oxygen atoms in total. The van der Waals surface area contributed by atoms with E-state index in [9.17, 15) is 4.79 Å². The molecule has 2 amide bonds. The summed E-state index contributed by atoms with van der Waals surface area (Å²) in [5.74, 6) is 0.183. The van der Waals surface area contributed by atoms with Crippen LogP contribution in [-0.2, 0) is 0 Å². The molecule has 2 atom stereocenters. The first-order chi connectivity index (χ1) is 7.66. The van der Waals surface area contributed by atoms with E-state index in [2.05, 4.69) is 10.6 Å². The summed E-state index contributed by atoms with van der Waals surface area (Å²) in [5.41, 5.74) is 5.66. The summed E-state index contributed by atoms with van der Waals surface area (Å²) in [7, 11) is 0. The second kappa shape index (κ2) is 4.99. The Morgan fingerprint density at radius 2 is 1.81 bits per heavy atom. The van der Waals surface area contributed by atoms with E-state index in [1.54, 1.807) is 0 Å². The Morgan fingerprint density at radius 1 is 1.12 bits per heavy atom. The van der Waals surface area contributed by atoms with Gasteiger partial charge in [-0.2, -0.15) is 0 Å². The van der Waals surface area contributed by atoms with Gasteiger partial charge in [0.25, 0.3) is 0 Å². The van der Waals surface area contributed by atoms with Crippen molar-refractivity contribution in [3.63, 3.8) is 0 Å². The average molecular weight is 241 g/mol. The van der Waals surface area contributed by atoms with Crippen LogP contribution < -0.4 is 16.4 Å². The Morgan fingerprint density at radius 3 is 2.38 bits per heavy atom. The van der Waals surface area contributed by atoms with Crippen LogP contribution in [0.5, 0.6) is 0 Å². The van der Waals surface area contributed by atoms with Crippen molar-refractivity contribution in [2.24, 2.45) is 11.7 Å². The maximum atomic E-state index is 11.7. The highest BCUT2D eigenvalue weighted by Crippen LogP contribution is 2.26. The van der Waals surface area contributed by atoms with E-state index in [0.29, 0.717) is 11.0 Å². The highest BCUT2D eigenvalue weighted by molar-refractivity contribution is 7.80. The van der Waals surface area contributed by atoms with Gasteiger partial charge in [-0.1, -0.05) is 18.6 Å². The molecule has 0 bridgehead atoms. The summed E-state index contributed by atoms with van der Waals surface area (Å²) in [6.07, 6.45) is 6.53. The summed E-state index contributed by atoms with van der Waals surface area (Å²) in [6, 6.07) is 0.458. The predicted molar refractivity (Wildman–Crippen MR) is 67.2 cm³/mol. The number of amides is 2. The molecule has 2 rings (SSSR count). The van der Waals surface area contributed by atoms with Gasteiger partial charge in [-0.25, -0.2) is 4.79 Å². The predicted octanol–water partition coefficient (Wildman–Crippen LogP) is 1.29. The average Bonchev–Trinajstić information content (AvgIpc) is 2.59. The van der Waals surface area contributed by atoms with Gasteiger partial charge in [0, 0.05) is 18.0 Å². The van der Waals surface area contributed by atoms with Crippen LogP contribution in [0.2, 0.25) is 0 Å². The zero-order valence-corrected chi connectivity index (χ0v) is 10.2. The van der Waals surface area contributed by atoms with Crippen molar-refractivity contribution < 1.29 is 4.79 Å². The van der Waals surface area contributed by atoms with E-state index in [-0.39, 0.29) is 18.0 Å². The number of thiocarbonyl (C=S) groups is 1. The molecule has 0 spiro atoms. The quantitative estimate of drug-likeness (QED) is 0.652. The molecule has 2 aliphatic carbocycles. The van der Waals surface area contributed by atoms with Crippen LogP contribution in [0.1, 0.15) is 38.5 Å². The lowest BCUT2D eigenvalue weighted by Gasteiger charge is -2.28. The summed E-state index contributed by atoms with van der Waals surface area (Å²) < 4.78 is 0. The minimum absolute atomic E-state index is 0.0575. The molecule has 0 radical (unpaired) electrons. The Hall–Kier alpha value is -0.840. The van der Waals surface area contributed by atoms with E-state index in [4.69, 9.17) is 18.0 Å². The van der Waals surface area contributed by atoms with Gasteiger partial charge in [0.1, 0.15) is 0 Å². The van der Waals surface area contributed by atoms with Gasteiger partial charge in [0.15, 0.2) is 0 Å². The fraction of sp³-hybridized carbons (Fsp3) is 0.818. The molecule has 0 heterocycles. The zero-order chi connectivity index (χ0) is 11.5. The van der Waals surface area contributed by atoms with E-state index in [0.717, 1.165) is 32.1 Å². The normalized spacial score (nSPS) is 29.5. The van der Waals surface area contributed by atoms with Crippen molar-refractivity contribution in [3.05, 3.63) is 0 Å². The highest BCUT2D eigenvalue weighted by Gasteiger charge is 2.31. The lowest BCUT2D eigenvalue weighted by Crippen LogP contribution is -2.50. The highest BCUT2D eigenvalue weighted by atomic mass is 32.1. The Bertz CT molecular complexity index is 291. The van der Waals surface area contributed by atoms with E-state index in [1.807, 2.05) is 0 Å². The van der Waals surface area contributed by atoms with Crippen molar-refractivity contribution >= 4 is 23.2 Å². The number of nitrogens with two attached hydrogens (primary N) is 1. The number of carbonyl (C=O) groups excluding carboxylic acids is 1. The summed E-state index contributed by atoms with van der Waals surface area (Å²) in [6.45, 7) is 0. The van der Waals surface area contributed by atoms with Crippen molar-refractivity contribution in [2.75, 3.05) is 0 Å². The molecule has 0 aromatic rings. The van der Waals surface area contributed by atoms with Gasteiger partial charge < -0.3 is 16.4 Å². The van der Waals surface area contributed by atoms with Crippen LogP contribution in [0.15, 0.2) is 0 Å². The molecule has 16 heavy (non-hydrogen) atoms. The van der Waals surface area contributed by atoms with Gasteiger partial charge in [-0.15, -0.1) is 0 Å². The van der Waals surface area contributed by atoms with Gasteiger partial charge in [0.05, 0.1) is 4.99 Å². The van der Waals surface area contributed by atoms with Crippen LogP contribution >= 0.6 is 12.2 Å². The third-order valence-corrected chi connectivity index (χ3v) is 3.94. The lowest BCUT2D eigenvalue weighted by atomic mass is 9.93. The molecule has 4 N–H and O–H groups in total. The minimum atomic E-state index is -0.0575. The summed E-state index contributed by atoms with van der Waals surface area (Å²) in [5, 5.41) is 5.96. The molecule has 5 heteroatoms. The number of nitrogens with one attached hydrogen (secondary N) is 2. The first-order valence-electron chi connectivity index (χ1n) is 6.03. The summed E-state index contributed by atoms with van der Waals surface area (Å²) in [4.78, 5) is 12.2. The Balaban J connectivity index is 1.78. The van der Waals surface area contributed by atoms with Crippen LogP contribution in [0, 0.1) is 5.92 Å². The second-order valence-corrected chi connectivity index (χ2v) is 5.26. The van der Waals surface area contributed by atoms with Gasteiger partial charge in [0.2, 0.25) is 0 Å². The Kier molecular flexibility index (Phi) is 3.63. The van der Waals surface area contributed by atoms with Crippen molar-refractivity contribution in [1.29, 1.82) is 0 Å². The van der Waals surface area contributed by atoms with Crippen molar-refractivity contribution in [3.8, 4) is 0 Å². The third-order valence-electron chi connectivity index (χ3n) is 3.64. The second-order valence-electron chi connectivity index (χ2n) is 4.79. The molecule has 2 saturated carbocycles. The topological polar surface area (TPSA) is 67.1 Å². The van der Waals surface area contributed by atoms with Crippen molar-refractivity contribution in [2.45, 2.75) is 50.6 Å². The van der Waals surface area contributed by atoms with Crippen LogP contribution in [-0.4, -0.2) is 23.1 Å². The monoisotopic (exact) mass is 241 g/mol. The number of urea groups is 1. The molecule has 2 fully saturated rings. The lowest BCUT2D eigenvalue weighted by molar-refractivity contribution is 0.223. The molecule has 2 aliphatic rings. The largest absolute Gasteiger partial charge is 0.393 e. The van der Waals surface area contributed by atoms with E-state index < -0.39 is 0 Å². The molecular formula is C11H19N3OS. The molecule has 2 unspecified atom stereocenters. The van der Waals surface area contributed by atoms with E-state index in [1.165, 1.54) is 6.42 Å². The van der Waals surface area contributed by atoms with Crippen LogP contribution in [0.4, 0.5) is 4.79 Å². The fourth-order valence-electron chi connectivity index (χ4n) is 2.42.